The van der Waals surface area contributed by atoms with Crippen LogP contribution in [0.15, 0.2) is 29.0 Å². The molecule has 5 heteroatoms. The van der Waals surface area contributed by atoms with E-state index in [-0.39, 0.29) is 18.0 Å². The highest BCUT2D eigenvalue weighted by atomic mass is 32.1. The molecule has 0 saturated heterocycles. The second-order valence-electron chi connectivity index (χ2n) is 5.66. The lowest BCUT2D eigenvalue weighted by Crippen LogP contribution is -2.44. The molecular weight excluding hydrogens is 300 g/mol. The van der Waals surface area contributed by atoms with Crippen molar-refractivity contribution in [2.45, 2.75) is 32.4 Å². The van der Waals surface area contributed by atoms with Crippen LogP contribution in [-0.2, 0) is 11.2 Å². The van der Waals surface area contributed by atoms with E-state index >= 15 is 0 Å². The van der Waals surface area contributed by atoms with Gasteiger partial charge in [0.15, 0.2) is 0 Å². The molecule has 0 bridgehead atoms. The molecule has 0 unspecified atom stereocenters. The topological polar surface area (TPSA) is 32.3 Å². The van der Waals surface area contributed by atoms with Gasteiger partial charge in [0.05, 0.1) is 12.6 Å². The Morgan fingerprint density at radius 1 is 1.38 bits per heavy atom. The molecule has 0 saturated carbocycles. The van der Waals surface area contributed by atoms with Crippen molar-refractivity contribution in [2.24, 2.45) is 0 Å². The van der Waals surface area contributed by atoms with Gasteiger partial charge in [-0.3, -0.25) is 9.69 Å². The fraction of sp³-hybridized carbons (Fsp3) is 0.438. The van der Waals surface area contributed by atoms with Gasteiger partial charge >= 0.3 is 0 Å². The number of rotatable bonds is 4. The number of hydrogen-bond donors (Lipinski definition) is 1. The van der Waals surface area contributed by atoms with Crippen LogP contribution in [0.3, 0.4) is 0 Å². The van der Waals surface area contributed by atoms with Gasteiger partial charge in [-0.05, 0) is 48.7 Å². The third-order valence-electron chi connectivity index (χ3n) is 3.67. The SMILES string of the molecule is CC(C)NC(=O)CN1CCc2sccc2[C@H]1c1cccs1. The zero-order valence-corrected chi connectivity index (χ0v) is 14.0. The summed E-state index contributed by atoms with van der Waals surface area (Å²) in [7, 11) is 0. The monoisotopic (exact) mass is 320 g/mol. The van der Waals surface area contributed by atoms with E-state index in [0.717, 1.165) is 13.0 Å². The standard InChI is InChI=1S/C16H20N2OS2/c1-11(2)17-15(19)10-18-7-5-13-12(6-9-21-13)16(18)14-4-3-8-20-14/h3-4,6,8-9,11,16H,5,7,10H2,1-2H3,(H,17,19)/t16-/m0/s1. The molecule has 3 heterocycles. The molecule has 0 radical (unpaired) electrons. The van der Waals surface area contributed by atoms with Gasteiger partial charge in [0.2, 0.25) is 5.91 Å². The molecule has 1 amide bonds. The molecule has 2 aromatic rings. The van der Waals surface area contributed by atoms with E-state index in [0.29, 0.717) is 6.54 Å². The zero-order chi connectivity index (χ0) is 14.8. The molecule has 112 valence electrons. The highest BCUT2D eigenvalue weighted by molar-refractivity contribution is 7.10. The molecule has 2 aromatic heterocycles. The Labute approximate surface area is 133 Å². The van der Waals surface area contributed by atoms with E-state index in [1.165, 1.54) is 15.3 Å². The van der Waals surface area contributed by atoms with Crippen molar-refractivity contribution in [1.82, 2.24) is 10.2 Å². The smallest absolute Gasteiger partial charge is 0.234 e. The molecule has 0 aliphatic carbocycles. The van der Waals surface area contributed by atoms with E-state index in [9.17, 15) is 4.79 Å². The summed E-state index contributed by atoms with van der Waals surface area (Å²) in [6, 6.07) is 6.91. The normalized spacial score (nSPS) is 18.7. The van der Waals surface area contributed by atoms with Crippen LogP contribution in [0.4, 0.5) is 0 Å². The highest BCUT2D eigenvalue weighted by Crippen LogP contribution is 2.39. The first kappa shape index (κ1) is 14.8. The Bertz CT molecular complexity index is 604. The Kier molecular flexibility index (Phi) is 4.42. The van der Waals surface area contributed by atoms with Crippen LogP contribution in [0.5, 0.6) is 0 Å². The number of amides is 1. The van der Waals surface area contributed by atoms with E-state index < -0.39 is 0 Å². The van der Waals surface area contributed by atoms with Crippen LogP contribution in [0.25, 0.3) is 0 Å². The van der Waals surface area contributed by atoms with E-state index in [1.807, 2.05) is 25.2 Å². The second kappa shape index (κ2) is 6.30. The average Bonchev–Trinajstić information content (AvgIpc) is 3.07. The van der Waals surface area contributed by atoms with Gasteiger partial charge in [0.25, 0.3) is 0 Å². The lowest BCUT2D eigenvalue weighted by molar-refractivity contribution is -0.123. The Morgan fingerprint density at radius 3 is 2.95 bits per heavy atom. The number of thiophene rings is 2. The van der Waals surface area contributed by atoms with Crippen molar-refractivity contribution >= 4 is 28.6 Å². The highest BCUT2D eigenvalue weighted by Gasteiger charge is 2.31. The molecule has 3 nitrogen and oxygen atoms in total. The fourth-order valence-corrected chi connectivity index (χ4v) is 4.65. The first-order valence-corrected chi connectivity index (χ1v) is 9.04. The Morgan fingerprint density at radius 2 is 2.24 bits per heavy atom. The molecule has 1 atom stereocenters. The Balaban J connectivity index is 1.84. The van der Waals surface area contributed by atoms with Gasteiger partial charge in [-0.1, -0.05) is 6.07 Å². The minimum absolute atomic E-state index is 0.116. The lowest BCUT2D eigenvalue weighted by Gasteiger charge is -2.35. The largest absolute Gasteiger partial charge is 0.353 e. The van der Waals surface area contributed by atoms with Gasteiger partial charge in [0.1, 0.15) is 0 Å². The summed E-state index contributed by atoms with van der Waals surface area (Å²) in [6.07, 6.45) is 1.05. The van der Waals surface area contributed by atoms with E-state index in [2.05, 4.69) is 39.2 Å². The minimum Gasteiger partial charge on any atom is -0.353 e. The molecule has 3 rings (SSSR count). The summed E-state index contributed by atoms with van der Waals surface area (Å²) >= 11 is 3.61. The Hall–Kier alpha value is -1.17. The van der Waals surface area contributed by atoms with Crippen molar-refractivity contribution in [3.63, 3.8) is 0 Å². The van der Waals surface area contributed by atoms with Gasteiger partial charge in [-0.25, -0.2) is 0 Å². The summed E-state index contributed by atoms with van der Waals surface area (Å²) in [5, 5.41) is 7.28. The third kappa shape index (κ3) is 3.20. The van der Waals surface area contributed by atoms with Crippen LogP contribution in [-0.4, -0.2) is 29.9 Å². The van der Waals surface area contributed by atoms with Crippen LogP contribution in [0.2, 0.25) is 0 Å². The summed E-state index contributed by atoms with van der Waals surface area (Å²) in [5.74, 6) is 0.116. The average molecular weight is 320 g/mol. The zero-order valence-electron chi connectivity index (χ0n) is 12.3. The minimum atomic E-state index is 0.116. The molecule has 0 fully saturated rings. The van der Waals surface area contributed by atoms with Crippen LogP contribution in [0.1, 0.15) is 35.2 Å². The van der Waals surface area contributed by atoms with E-state index in [1.54, 1.807) is 11.3 Å². The number of carbonyl (C=O) groups is 1. The maximum absolute atomic E-state index is 12.1. The summed E-state index contributed by atoms with van der Waals surface area (Å²) in [6.45, 7) is 5.42. The molecule has 1 N–H and O–H groups in total. The van der Waals surface area contributed by atoms with Crippen molar-refractivity contribution in [3.8, 4) is 0 Å². The maximum Gasteiger partial charge on any atom is 0.234 e. The number of nitrogens with zero attached hydrogens (tertiary/aromatic N) is 1. The molecule has 1 aliphatic heterocycles. The van der Waals surface area contributed by atoms with Gasteiger partial charge in [0, 0.05) is 22.3 Å². The first-order valence-electron chi connectivity index (χ1n) is 7.28. The first-order chi connectivity index (χ1) is 10.1. The van der Waals surface area contributed by atoms with Crippen molar-refractivity contribution in [3.05, 3.63) is 44.3 Å². The van der Waals surface area contributed by atoms with Gasteiger partial charge < -0.3 is 5.32 Å². The van der Waals surface area contributed by atoms with E-state index in [4.69, 9.17) is 0 Å². The number of fused-ring (bicyclic) bond motifs is 1. The number of hydrogen-bond acceptors (Lipinski definition) is 4. The van der Waals surface area contributed by atoms with Crippen LogP contribution in [0, 0.1) is 0 Å². The van der Waals surface area contributed by atoms with Crippen molar-refractivity contribution < 1.29 is 4.79 Å². The van der Waals surface area contributed by atoms with Gasteiger partial charge in [-0.2, -0.15) is 0 Å². The van der Waals surface area contributed by atoms with Crippen LogP contribution >= 0.6 is 22.7 Å². The van der Waals surface area contributed by atoms with Crippen molar-refractivity contribution in [2.75, 3.05) is 13.1 Å². The number of carbonyl (C=O) groups excluding carboxylic acids is 1. The van der Waals surface area contributed by atoms with Crippen molar-refractivity contribution in [1.29, 1.82) is 0 Å². The quantitative estimate of drug-likeness (QED) is 0.937. The molecular formula is C16H20N2OS2. The summed E-state index contributed by atoms with van der Waals surface area (Å²) in [5.41, 5.74) is 1.38. The molecule has 1 aliphatic rings. The molecule has 21 heavy (non-hydrogen) atoms. The predicted octanol–water partition coefficient (Wildman–Crippen LogP) is 3.28. The predicted molar refractivity (Wildman–Crippen MR) is 89.0 cm³/mol. The second-order valence-corrected chi connectivity index (χ2v) is 7.64. The number of nitrogens with one attached hydrogen (secondary N) is 1. The summed E-state index contributed by atoms with van der Waals surface area (Å²) in [4.78, 5) is 17.2. The molecule has 0 spiro atoms. The lowest BCUT2D eigenvalue weighted by atomic mass is 9.98. The van der Waals surface area contributed by atoms with Crippen LogP contribution < -0.4 is 5.32 Å². The molecule has 0 aromatic carbocycles. The van der Waals surface area contributed by atoms with Gasteiger partial charge in [-0.15, -0.1) is 22.7 Å². The summed E-state index contributed by atoms with van der Waals surface area (Å²) < 4.78 is 0. The third-order valence-corrected chi connectivity index (χ3v) is 5.60. The maximum atomic E-state index is 12.1. The fourth-order valence-electron chi connectivity index (χ4n) is 2.87.